The number of carbonyl (C=O) groups excluding carboxylic acids is 2. The van der Waals surface area contributed by atoms with Gasteiger partial charge in [0.1, 0.15) is 0 Å². The summed E-state index contributed by atoms with van der Waals surface area (Å²) in [5, 5.41) is 6.57. The molecule has 4 heteroatoms. The Morgan fingerprint density at radius 3 is 2.41 bits per heavy atom. The van der Waals surface area contributed by atoms with Gasteiger partial charge in [0.15, 0.2) is 0 Å². The van der Waals surface area contributed by atoms with Crippen molar-refractivity contribution in [1.82, 2.24) is 10.6 Å². The summed E-state index contributed by atoms with van der Waals surface area (Å²) in [6.07, 6.45) is 8.71. The molecule has 152 valence electrons. The van der Waals surface area contributed by atoms with E-state index in [-0.39, 0.29) is 34.1 Å². The third kappa shape index (κ3) is 3.02. The number of fused-ring (bicyclic) bond motifs is 5. The normalized spacial score (nSPS) is 46.7. The average molecular weight is 375 g/mol. The van der Waals surface area contributed by atoms with E-state index < -0.39 is 0 Å². The molecular formula is C23H38N2O2. The highest BCUT2D eigenvalue weighted by molar-refractivity contribution is 5.80. The van der Waals surface area contributed by atoms with Crippen LogP contribution in [0.15, 0.2) is 0 Å². The number of rotatable bonds is 1. The Morgan fingerprint density at radius 2 is 1.70 bits per heavy atom. The third-order valence-electron chi connectivity index (χ3n) is 8.91. The number of piperidine rings is 1. The maximum atomic E-state index is 13.0. The molecule has 1 aliphatic heterocycles. The van der Waals surface area contributed by atoms with Gasteiger partial charge in [-0.3, -0.25) is 9.59 Å². The Bertz CT molecular complexity index is 639. The molecule has 0 aromatic rings. The standard InChI is InChI=1S/C23H38N2O2/c1-21(2,3)25-20(27)17-8-7-15-14-6-9-18-23(5,13-11-19(26)24-18)16(14)10-12-22(15,17)4/h14-18H,6-13H2,1-5H3,(H,24,26)(H,25,27)/t14-,15+,16+,17-,18-,22+,23-/m1/s1. The monoisotopic (exact) mass is 374 g/mol. The Kier molecular flexibility index (Phi) is 4.44. The van der Waals surface area contributed by atoms with Crippen molar-refractivity contribution in [3.05, 3.63) is 0 Å². The van der Waals surface area contributed by atoms with Crippen LogP contribution >= 0.6 is 0 Å². The molecule has 0 bridgehead atoms. The van der Waals surface area contributed by atoms with Gasteiger partial charge in [0.2, 0.25) is 11.8 Å². The zero-order valence-corrected chi connectivity index (χ0v) is 17.9. The number of carbonyl (C=O) groups is 2. The smallest absolute Gasteiger partial charge is 0.224 e. The summed E-state index contributed by atoms with van der Waals surface area (Å²) in [6, 6.07) is 0.366. The molecule has 4 nitrogen and oxygen atoms in total. The zero-order chi connectivity index (χ0) is 19.6. The van der Waals surface area contributed by atoms with Crippen molar-refractivity contribution >= 4 is 11.8 Å². The lowest BCUT2D eigenvalue weighted by molar-refractivity contribution is -0.142. The van der Waals surface area contributed by atoms with Gasteiger partial charge in [-0.15, -0.1) is 0 Å². The lowest BCUT2D eigenvalue weighted by atomic mass is 9.47. The van der Waals surface area contributed by atoms with Gasteiger partial charge in [-0.05, 0) is 94.3 Å². The second-order valence-corrected chi connectivity index (χ2v) is 11.5. The van der Waals surface area contributed by atoms with Crippen molar-refractivity contribution < 1.29 is 9.59 Å². The molecule has 4 fully saturated rings. The van der Waals surface area contributed by atoms with Crippen LogP contribution in [0.2, 0.25) is 0 Å². The second-order valence-electron chi connectivity index (χ2n) is 11.5. The van der Waals surface area contributed by atoms with E-state index in [1.54, 1.807) is 0 Å². The molecule has 2 N–H and O–H groups in total. The van der Waals surface area contributed by atoms with Gasteiger partial charge in [-0.25, -0.2) is 0 Å². The van der Waals surface area contributed by atoms with Crippen LogP contribution < -0.4 is 10.6 Å². The Morgan fingerprint density at radius 1 is 1.00 bits per heavy atom. The number of nitrogens with one attached hydrogen (secondary N) is 2. The van der Waals surface area contributed by atoms with E-state index in [2.05, 4.69) is 45.3 Å². The van der Waals surface area contributed by atoms with Gasteiger partial charge in [0.05, 0.1) is 0 Å². The summed E-state index contributed by atoms with van der Waals surface area (Å²) in [4.78, 5) is 25.0. The summed E-state index contributed by atoms with van der Waals surface area (Å²) in [6.45, 7) is 11.1. The van der Waals surface area contributed by atoms with Crippen molar-refractivity contribution in [2.45, 2.75) is 97.6 Å². The summed E-state index contributed by atoms with van der Waals surface area (Å²) < 4.78 is 0. The van der Waals surface area contributed by atoms with Gasteiger partial charge in [-0.1, -0.05) is 13.8 Å². The van der Waals surface area contributed by atoms with Crippen LogP contribution in [0.25, 0.3) is 0 Å². The first-order valence-electron chi connectivity index (χ1n) is 11.2. The molecule has 3 saturated carbocycles. The predicted molar refractivity (Wildman–Crippen MR) is 107 cm³/mol. The zero-order valence-electron chi connectivity index (χ0n) is 17.9. The highest BCUT2D eigenvalue weighted by Gasteiger charge is 2.61. The van der Waals surface area contributed by atoms with Crippen molar-refractivity contribution in [2.75, 3.05) is 0 Å². The third-order valence-corrected chi connectivity index (χ3v) is 8.91. The molecule has 0 aromatic heterocycles. The number of hydrogen-bond acceptors (Lipinski definition) is 2. The first-order valence-corrected chi connectivity index (χ1v) is 11.2. The fourth-order valence-corrected chi connectivity index (χ4v) is 7.59. The molecule has 4 rings (SSSR count). The van der Waals surface area contributed by atoms with E-state index in [0.717, 1.165) is 31.6 Å². The summed E-state index contributed by atoms with van der Waals surface area (Å²) in [5.41, 5.74) is 0.246. The van der Waals surface area contributed by atoms with Crippen LogP contribution in [0.3, 0.4) is 0 Å². The molecule has 27 heavy (non-hydrogen) atoms. The van der Waals surface area contributed by atoms with Crippen LogP contribution in [-0.4, -0.2) is 23.4 Å². The fourth-order valence-electron chi connectivity index (χ4n) is 7.59. The van der Waals surface area contributed by atoms with E-state index in [9.17, 15) is 9.59 Å². The largest absolute Gasteiger partial charge is 0.353 e. The van der Waals surface area contributed by atoms with E-state index >= 15 is 0 Å². The van der Waals surface area contributed by atoms with Gasteiger partial charge < -0.3 is 10.6 Å². The van der Waals surface area contributed by atoms with Crippen LogP contribution in [0.5, 0.6) is 0 Å². The molecule has 2 amide bonds. The summed E-state index contributed by atoms with van der Waals surface area (Å²) >= 11 is 0. The molecule has 0 aromatic carbocycles. The number of hydrogen-bond donors (Lipinski definition) is 2. The lowest BCUT2D eigenvalue weighted by Crippen LogP contribution is -2.61. The highest BCUT2D eigenvalue weighted by Crippen LogP contribution is 2.65. The molecule has 1 heterocycles. The first-order chi connectivity index (χ1) is 12.5. The van der Waals surface area contributed by atoms with Crippen molar-refractivity contribution in [1.29, 1.82) is 0 Å². The summed E-state index contributed by atoms with van der Waals surface area (Å²) in [5.74, 6) is 2.79. The Hall–Kier alpha value is -1.06. The second kappa shape index (κ2) is 6.22. The van der Waals surface area contributed by atoms with Crippen molar-refractivity contribution in [3.63, 3.8) is 0 Å². The quantitative estimate of drug-likeness (QED) is 0.728. The van der Waals surface area contributed by atoms with Gasteiger partial charge in [-0.2, -0.15) is 0 Å². The molecule has 0 unspecified atom stereocenters. The van der Waals surface area contributed by atoms with Gasteiger partial charge >= 0.3 is 0 Å². The van der Waals surface area contributed by atoms with Crippen LogP contribution in [-0.2, 0) is 9.59 Å². The molecule has 1 saturated heterocycles. The van der Waals surface area contributed by atoms with Crippen LogP contribution in [0, 0.1) is 34.5 Å². The van der Waals surface area contributed by atoms with Crippen molar-refractivity contribution in [3.8, 4) is 0 Å². The van der Waals surface area contributed by atoms with E-state index in [4.69, 9.17) is 0 Å². The van der Waals surface area contributed by atoms with Crippen LogP contribution in [0.4, 0.5) is 0 Å². The SMILES string of the molecule is CC(C)(C)NC(=O)[C@H]1CC[C@H]2[C@H]3CC[C@H]4NC(=O)CC[C@]4(C)[C@H]3CC[C@]12C. The molecule has 3 aliphatic carbocycles. The van der Waals surface area contributed by atoms with Gasteiger partial charge in [0, 0.05) is 23.9 Å². The minimum atomic E-state index is -0.158. The maximum absolute atomic E-state index is 13.0. The van der Waals surface area contributed by atoms with Crippen LogP contribution in [0.1, 0.15) is 86.0 Å². The highest BCUT2D eigenvalue weighted by atomic mass is 16.2. The topological polar surface area (TPSA) is 58.2 Å². The maximum Gasteiger partial charge on any atom is 0.224 e. The first kappa shape index (κ1) is 19.3. The van der Waals surface area contributed by atoms with E-state index in [1.807, 2.05) is 0 Å². The number of amides is 2. The lowest BCUT2D eigenvalue weighted by Gasteiger charge is -2.60. The summed E-state index contributed by atoms with van der Waals surface area (Å²) in [7, 11) is 0. The molecule has 0 spiro atoms. The van der Waals surface area contributed by atoms with E-state index in [0.29, 0.717) is 24.3 Å². The minimum absolute atomic E-state index is 0.150. The molecular weight excluding hydrogens is 336 g/mol. The minimum Gasteiger partial charge on any atom is -0.353 e. The van der Waals surface area contributed by atoms with Crippen molar-refractivity contribution in [2.24, 2.45) is 34.5 Å². The van der Waals surface area contributed by atoms with Gasteiger partial charge in [0.25, 0.3) is 0 Å². The molecule has 7 atom stereocenters. The fraction of sp³-hybridized carbons (Fsp3) is 0.913. The Balaban J connectivity index is 1.55. The molecule has 0 radical (unpaired) electrons. The molecule has 4 aliphatic rings. The van der Waals surface area contributed by atoms with E-state index in [1.165, 1.54) is 19.3 Å². The Labute approximate surface area is 164 Å². The average Bonchev–Trinajstić information content (AvgIpc) is 2.91. The predicted octanol–water partition coefficient (Wildman–Crippen LogP) is 4.04.